The summed E-state index contributed by atoms with van der Waals surface area (Å²) < 4.78 is 6.57. The standard InChI is InChI=1S/C21H19N7O2S/c1-12(2)28-10-18(30-27-28)25-17(29)11-31-21-16(9-23)19(15(8-22)20(24)26-21)14-6-4-13(3)5-7-14/h4-7,10,12H,11H2,1-3H3,(H2-,24,25,26,27,29). The van der Waals surface area contributed by atoms with Gasteiger partial charge in [-0.2, -0.15) is 10.5 Å². The lowest BCUT2D eigenvalue weighted by atomic mass is 9.96. The first kappa shape index (κ1) is 21.8. The highest BCUT2D eigenvalue weighted by molar-refractivity contribution is 8.00. The lowest BCUT2D eigenvalue weighted by Crippen LogP contribution is -2.36. The lowest BCUT2D eigenvalue weighted by Gasteiger charge is -2.14. The number of hydrogen-bond donors (Lipinski definition) is 1. The smallest absolute Gasteiger partial charge is 0.320 e. The molecule has 31 heavy (non-hydrogen) atoms. The highest BCUT2D eigenvalue weighted by Gasteiger charge is 2.20. The van der Waals surface area contributed by atoms with Gasteiger partial charge in [-0.05, 0) is 36.9 Å². The number of nitrogen functional groups attached to an aromatic ring is 1. The summed E-state index contributed by atoms with van der Waals surface area (Å²) in [5, 5.41) is 35.7. The van der Waals surface area contributed by atoms with Crippen LogP contribution in [0.5, 0.6) is 0 Å². The minimum atomic E-state index is -0.484. The zero-order valence-electron chi connectivity index (χ0n) is 17.2. The van der Waals surface area contributed by atoms with Gasteiger partial charge < -0.3 is 10.8 Å². The number of benzene rings is 1. The monoisotopic (exact) mass is 433 g/mol. The van der Waals surface area contributed by atoms with Gasteiger partial charge in [0.25, 0.3) is 6.20 Å². The van der Waals surface area contributed by atoms with Crippen LogP contribution < -0.4 is 15.5 Å². The van der Waals surface area contributed by atoms with Crippen molar-refractivity contribution in [2.24, 2.45) is 4.99 Å². The molecular weight excluding hydrogens is 414 g/mol. The van der Waals surface area contributed by atoms with Crippen molar-refractivity contribution in [3.63, 3.8) is 0 Å². The molecule has 0 spiro atoms. The average Bonchev–Trinajstić information content (AvgIpc) is 3.21. The van der Waals surface area contributed by atoms with Gasteiger partial charge in [0.05, 0.1) is 5.56 Å². The van der Waals surface area contributed by atoms with Crippen LogP contribution in [0.4, 0.5) is 11.7 Å². The molecule has 0 saturated heterocycles. The summed E-state index contributed by atoms with van der Waals surface area (Å²) in [4.78, 5) is 8.06. The molecule has 9 nitrogen and oxygen atoms in total. The Morgan fingerprint density at radius 1 is 1.26 bits per heavy atom. The van der Waals surface area contributed by atoms with Crippen molar-refractivity contribution in [3.8, 4) is 23.3 Å². The van der Waals surface area contributed by atoms with E-state index in [0.29, 0.717) is 11.1 Å². The fourth-order valence-electron chi connectivity index (χ4n) is 2.74. The van der Waals surface area contributed by atoms with E-state index in [2.05, 4.69) is 21.3 Å². The number of nitrogens with zero attached hydrogens (tertiary/aromatic N) is 6. The van der Waals surface area contributed by atoms with Crippen LogP contribution in [0.1, 0.15) is 36.6 Å². The van der Waals surface area contributed by atoms with E-state index in [9.17, 15) is 15.6 Å². The third-order valence-electron chi connectivity index (χ3n) is 4.32. The summed E-state index contributed by atoms with van der Waals surface area (Å²) in [7, 11) is 0. The second kappa shape index (κ2) is 9.28. The van der Waals surface area contributed by atoms with Crippen LogP contribution in [0.2, 0.25) is 0 Å². The minimum absolute atomic E-state index is 0.00262. The molecule has 2 aromatic heterocycles. The van der Waals surface area contributed by atoms with Crippen molar-refractivity contribution in [1.29, 1.82) is 10.5 Å². The van der Waals surface area contributed by atoms with Crippen LogP contribution in [0.25, 0.3) is 11.1 Å². The van der Waals surface area contributed by atoms with E-state index >= 15 is 0 Å². The number of anilines is 1. The largest absolute Gasteiger partial charge is 0.861 e. The zero-order valence-corrected chi connectivity index (χ0v) is 18.0. The fourth-order valence-corrected chi connectivity index (χ4v) is 3.52. The average molecular weight is 433 g/mol. The van der Waals surface area contributed by atoms with Crippen LogP contribution in [0.15, 0.2) is 45.0 Å². The Balaban J connectivity index is 1.94. The normalized spacial score (nSPS) is 11.4. The van der Waals surface area contributed by atoms with Crippen LogP contribution in [0, 0.1) is 29.6 Å². The molecule has 3 rings (SSSR count). The van der Waals surface area contributed by atoms with E-state index in [1.807, 2.05) is 51.1 Å². The number of thioether (sulfide) groups is 1. The van der Waals surface area contributed by atoms with E-state index in [1.165, 1.54) is 6.20 Å². The molecule has 0 radical (unpaired) electrons. The van der Waals surface area contributed by atoms with E-state index in [0.717, 1.165) is 17.3 Å². The molecule has 2 N–H and O–H groups in total. The lowest BCUT2D eigenvalue weighted by molar-refractivity contribution is -0.779. The fraction of sp³-hybridized carbons (Fsp3) is 0.238. The molecule has 3 aromatic rings. The van der Waals surface area contributed by atoms with Crippen molar-refractivity contribution in [2.75, 3.05) is 11.5 Å². The summed E-state index contributed by atoms with van der Waals surface area (Å²) in [6.45, 7) is 5.77. The number of aromatic nitrogens is 3. The number of nitriles is 2. The topological polar surface area (TPSA) is 152 Å². The van der Waals surface area contributed by atoms with Gasteiger partial charge in [0.15, 0.2) is 6.04 Å². The molecule has 156 valence electrons. The van der Waals surface area contributed by atoms with Gasteiger partial charge in [-0.3, -0.25) is 4.52 Å². The second-order valence-corrected chi connectivity index (χ2v) is 7.89. The van der Waals surface area contributed by atoms with Crippen LogP contribution in [-0.2, 0) is 0 Å². The van der Waals surface area contributed by atoms with Crippen molar-refractivity contribution >= 4 is 29.4 Å². The Hall–Kier alpha value is -3.89. The van der Waals surface area contributed by atoms with Gasteiger partial charge in [-0.1, -0.05) is 41.6 Å². The molecule has 2 heterocycles. The third kappa shape index (κ3) is 4.82. The number of nitrogens with two attached hydrogens (primary N) is 1. The van der Waals surface area contributed by atoms with E-state index < -0.39 is 5.90 Å². The van der Waals surface area contributed by atoms with E-state index in [4.69, 9.17) is 10.3 Å². The maximum absolute atomic E-state index is 12.3. The Kier molecular flexibility index (Phi) is 6.53. The summed E-state index contributed by atoms with van der Waals surface area (Å²) >= 11 is 1.02. The predicted molar refractivity (Wildman–Crippen MR) is 113 cm³/mol. The maximum atomic E-state index is 12.3. The molecule has 0 atom stereocenters. The molecule has 1 aromatic carbocycles. The zero-order chi connectivity index (χ0) is 22.5. The molecular formula is C21H19N7O2S. The second-order valence-electron chi connectivity index (χ2n) is 6.93. The molecule has 0 aliphatic rings. The number of rotatable bonds is 6. The first-order chi connectivity index (χ1) is 14.8. The molecule has 0 bridgehead atoms. The minimum Gasteiger partial charge on any atom is -0.861 e. The summed E-state index contributed by atoms with van der Waals surface area (Å²) in [5.74, 6) is -0.491. The molecule has 0 aliphatic heterocycles. The Labute approximate surface area is 183 Å². The molecule has 0 amide bonds. The molecule has 10 heteroatoms. The van der Waals surface area contributed by atoms with Crippen LogP contribution >= 0.6 is 11.8 Å². The van der Waals surface area contributed by atoms with E-state index in [-0.39, 0.29) is 39.6 Å². The van der Waals surface area contributed by atoms with Crippen molar-refractivity contribution < 1.29 is 14.3 Å². The maximum Gasteiger partial charge on any atom is 0.320 e. The number of aryl methyl sites for hydroxylation is 1. The molecule has 0 saturated carbocycles. The van der Waals surface area contributed by atoms with Crippen molar-refractivity contribution in [2.45, 2.75) is 31.8 Å². The number of hydrogen-bond acceptors (Lipinski definition) is 9. The van der Waals surface area contributed by atoms with Gasteiger partial charge in [-0.15, -0.1) is 0 Å². The molecule has 0 unspecified atom stereocenters. The summed E-state index contributed by atoms with van der Waals surface area (Å²) in [6, 6.07) is 11.6. The SMILES string of the molecule is Cc1ccc(-c2c(C#N)c(N)nc(SC/C([O-])=N/c3c[n+](C(C)C)no3)c2C#N)cc1. The highest BCUT2D eigenvalue weighted by atomic mass is 32.2. The van der Waals surface area contributed by atoms with Crippen LogP contribution in [0.3, 0.4) is 0 Å². The first-order valence-corrected chi connectivity index (χ1v) is 10.3. The first-order valence-electron chi connectivity index (χ1n) is 9.30. The van der Waals surface area contributed by atoms with Gasteiger partial charge in [0.1, 0.15) is 28.5 Å². The van der Waals surface area contributed by atoms with Gasteiger partial charge in [-0.25, -0.2) is 9.98 Å². The molecule has 0 aliphatic carbocycles. The van der Waals surface area contributed by atoms with Gasteiger partial charge in [0.2, 0.25) is 5.27 Å². The van der Waals surface area contributed by atoms with Crippen molar-refractivity contribution in [3.05, 3.63) is 47.2 Å². The number of aliphatic imine (C=N–C) groups is 1. The van der Waals surface area contributed by atoms with Gasteiger partial charge >= 0.3 is 5.88 Å². The Bertz CT molecular complexity index is 1220. The highest BCUT2D eigenvalue weighted by Crippen LogP contribution is 2.35. The van der Waals surface area contributed by atoms with Gasteiger partial charge in [0, 0.05) is 11.3 Å². The summed E-state index contributed by atoms with van der Waals surface area (Å²) in [5.41, 5.74) is 8.41. The van der Waals surface area contributed by atoms with Crippen molar-refractivity contribution in [1.82, 2.24) is 10.3 Å². The van der Waals surface area contributed by atoms with E-state index in [1.54, 1.807) is 4.68 Å². The number of pyridine rings is 1. The Morgan fingerprint density at radius 2 is 1.94 bits per heavy atom. The Morgan fingerprint density at radius 3 is 2.52 bits per heavy atom. The predicted octanol–water partition coefficient (Wildman–Crippen LogP) is 2.42. The third-order valence-corrected chi connectivity index (χ3v) is 5.28. The quantitative estimate of drug-likeness (QED) is 0.269. The summed E-state index contributed by atoms with van der Waals surface area (Å²) in [6.07, 6.45) is 1.53. The van der Waals surface area contributed by atoms with Crippen LogP contribution in [-0.4, -0.2) is 21.9 Å². The molecule has 0 fully saturated rings.